The van der Waals surface area contributed by atoms with Gasteiger partial charge in [-0.3, -0.25) is 0 Å². The molecule has 14 heavy (non-hydrogen) atoms. The molecule has 0 fully saturated rings. The van der Waals surface area contributed by atoms with E-state index in [1.165, 1.54) is 6.07 Å². The van der Waals surface area contributed by atoms with Crippen LogP contribution in [0.4, 0.5) is 4.39 Å². The number of nitrogens with one attached hydrogen (secondary N) is 1. The molecule has 1 unspecified atom stereocenters. The van der Waals surface area contributed by atoms with Crippen LogP contribution in [-0.2, 0) is 6.54 Å². The molecule has 1 aromatic rings. The van der Waals surface area contributed by atoms with E-state index < -0.39 is 11.8 Å². The topological polar surface area (TPSA) is 49.3 Å². The summed E-state index contributed by atoms with van der Waals surface area (Å²) in [6.07, 6.45) is 0. The van der Waals surface area contributed by atoms with Crippen LogP contribution < -0.4 is 5.32 Å². The molecule has 2 N–H and O–H groups in total. The molecule has 1 heterocycles. The SMILES string of the molecule is CC1NCc2c1ccc(C(=O)O)c2F. The van der Waals surface area contributed by atoms with E-state index in [0.29, 0.717) is 12.1 Å². The van der Waals surface area contributed by atoms with Gasteiger partial charge in [0.2, 0.25) is 0 Å². The molecule has 4 heteroatoms. The molecule has 0 radical (unpaired) electrons. The predicted octanol–water partition coefficient (Wildman–Crippen LogP) is 1.69. The predicted molar refractivity (Wildman–Crippen MR) is 48.6 cm³/mol. The van der Waals surface area contributed by atoms with E-state index in [4.69, 9.17) is 5.11 Å². The number of benzene rings is 1. The van der Waals surface area contributed by atoms with Gasteiger partial charge in [0.1, 0.15) is 5.82 Å². The Balaban J connectivity index is 2.58. The van der Waals surface area contributed by atoms with Gasteiger partial charge in [-0.15, -0.1) is 0 Å². The van der Waals surface area contributed by atoms with Gasteiger partial charge in [0, 0.05) is 18.2 Å². The summed E-state index contributed by atoms with van der Waals surface area (Å²) in [6, 6.07) is 3.09. The minimum Gasteiger partial charge on any atom is -0.478 e. The van der Waals surface area contributed by atoms with E-state index in [2.05, 4.69) is 5.32 Å². The number of carboxylic acids is 1. The summed E-state index contributed by atoms with van der Waals surface area (Å²) >= 11 is 0. The number of rotatable bonds is 1. The van der Waals surface area contributed by atoms with Gasteiger partial charge in [0.15, 0.2) is 0 Å². The number of aromatic carboxylic acids is 1. The maximum Gasteiger partial charge on any atom is 0.338 e. The summed E-state index contributed by atoms with van der Waals surface area (Å²) in [6.45, 7) is 2.33. The van der Waals surface area contributed by atoms with E-state index in [-0.39, 0.29) is 11.6 Å². The van der Waals surface area contributed by atoms with E-state index in [1.54, 1.807) is 6.07 Å². The second-order valence-corrected chi connectivity index (χ2v) is 3.40. The molecule has 0 spiro atoms. The molecule has 2 rings (SSSR count). The molecule has 0 aromatic heterocycles. The monoisotopic (exact) mass is 195 g/mol. The van der Waals surface area contributed by atoms with Crippen LogP contribution in [0.5, 0.6) is 0 Å². The zero-order chi connectivity index (χ0) is 10.3. The number of hydrogen-bond acceptors (Lipinski definition) is 2. The molecule has 0 saturated carbocycles. The fraction of sp³-hybridized carbons (Fsp3) is 0.300. The molecular weight excluding hydrogens is 185 g/mol. The fourth-order valence-electron chi connectivity index (χ4n) is 1.75. The minimum absolute atomic E-state index is 0.0994. The van der Waals surface area contributed by atoms with Gasteiger partial charge >= 0.3 is 5.97 Å². The Labute approximate surface area is 80.6 Å². The standard InChI is InChI=1S/C10H10FNO2/c1-5-6-2-3-7(10(13)14)9(11)8(6)4-12-5/h2-3,5,12H,4H2,1H3,(H,13,14). The maximum absolute atomic E-state index is 13.6. The van der Waals surface area contributed by atoms with E-state index in [0.717, 1.165) is 5.56 Å². The minimum atomic E-state index is -1.22. The molecule has 1 aliphatic rings. The number of carbonyl (C=O) groups is 1. The highest BCUT2D eigenvalue weighted by atomic mass is 19.1. The van der Waals surface area contributed by atoms with Crippen molar-refractivity contribution in [3.05, 3.63) is 34.6 Å². The van der Waals surface area contributed by atoms with Gasteiger partial charge in [-0.2, -0.15) is 0 Å². The van der Waals surface area contributed by atoms with Crippen molar-refractivity contribution in [2.45, 2.75) is 19.5 Å². The van der Waals surface area contributed by atoms with Crippen LogP contribution in [0.3, 0.4) is 0 Å². The van der Waals surface area contributed by atoms with Crippen LogP contribution in [0.25, 0.3) is 0 Å². The van der Waals surface area contributed by atoms with Gasteiger partial charge in [0.05, 0.1) is 5.56 Å². The molecule has 74 valence electrons. The van der Waals surface area contributed by atoms with Gasteiger partial charge in [0.25, 0.3) is 0 Å². The first-order chi connectivity index (χ1) is 6.61. The molecule has 0 saturated heterocycles. The molecule has 1 atom stereocenters. The summed E-state index contributed by atoms with van der Waals surface area (Å²) in [7, 11) is 0. The maximum atomic E-state index is 13.6. The van der Waals surface area contributed by atoms with Crippen molar-refractivity contribution < 1.29 is 14.3 Å². The zero-order valence-electron chi connectivity index (χ0n) is 7.67. The summed E-state index contributed by atoms with van der Waals surface area (Å²) in [5, 5.41) is 11.8. The number of hydrogen-bond donors (Lipinski definition) is 2. The van der Waals surface area contributed by atoms with Crippen molar-refractivity contribution in [1.29, 1.82) is 0 Å². The summed E-state index contributed by atoms with van der Waals surface area (Å²) in [5.74, 6) is -1.82. The first-order valence-corrected chi connectivity index (χ1v) is 4.39. The third-order valence-electron chi connectivity index (χ3n) is 2.56. The van der Waals surface area contributed by atoms with Crippen LogP contribution in [0.2, 0.25) is 0 Å². The smallest absolute Gasteiger partial charge is 0.338 e. The number of carboxylic acid groups (broad SMARTS) is 1. The van der Waals surface area contributed by atoms with Crippen LogP contribution in [0.15, 0.2) is 12.1 Å². The van der Waals surface area contributed by atoms with Crippen molar-refractivity contribution in [2.24, 2.45) is 0 Å². The Kier molecular flexibility index (Phi) is 2.00. The lowest BCUT2D eigenvalue weighted by molar-refractivity contribution is 0.0691. The molecule has 0 bridgehead atoms. The highest BCUT2D eigenvalue weighted by molar-refractivity contribution is 5.88. The number of halogens is 1. The van der Waals surface area contributed by atoms with Crippen LogP contribution in [0, 0.1) is 5.82 Å². The van der Waals surface area contributed by atoms with Crippen LogP contribution >= 0.6 is 0 Å². The van der Waals surface area contributed by atoms with Crippen molar-refractivity contribution in [1.82, 2.24) is 5.32 Å². The molecular formula is C10H10FNO2. The van der Waals surface area contributed by atoms with Crippen molar-refractivity contribution >= 4 is 5.97 Å². The normalized spacial score (nSPS) is 19.4. The Hall–Kier alpha value is -1.42. The Bertz CT molecular complexity index is 403. The highest BCUT2D eigenvalue weighted by Crippen LogP contribution is 2.28. The van der Waals surface area contributed by atoms with Crippen molar-refractivity contribution in [2.75, 3.05) is 0 Å². The molecule has 0 aliphatic carbocycles. The lowest BCUT2D eigenvalue weighted by Gasteiger charge is -2.05. The second-order valence-electron chi connectivity index (χ2n) is 3.40. The summed E-state index contributed by atoms with van der Waals surface area (Å²) in [5.41, 5.74) is 1.09. The highest BCUT2D eigenvalue weighted by Gasteiger charge is 2.24. The molecule has 1 aliphatic heterocycles. The molecule has 1 aromatic carbocycles. The fourth-order valence-corrected chi connectivity index (χ4v) is 1.75. The third kappa shape index (κ3) is 1.19. The van der Waals surface area contributed by atoms with Gasteiger partial charge in [-0.05, 0) is 18.6 Å². The quantitative estimate of drug-likeness (QED) is 0.716. The lowest BCUT2D eigenvalue weighted by Crippen LogP contribution is -2.07. The average molecular weight is 195 g/mol. The average Bonchev–Trinajstić information content (AvgIpc) is 2.49. The van der Waals surface area contributed by atoms with Crippen LogP contribution in [0.1, 0.15) is 34.5 Å². The molecule has 3 nitrogen and oxygen atoms in total. The Morgan fingerprint density at radius 3 is 3.00 bits per heavy atom. The zero-order valence-corrected chi connectivity index (χ0v) is 7.67. The van der Waals surface area contributed by atoms with E-state index in [1.807, 2.05) is 6.92 Å². The molecule has 0 amide bonds. The van der Waals surface area contributed by atoms with Crippen molar-refractivity contribution in [3.8, 4) is 0 Å². The van der Waals surface area contributed by atoms with Crippen molar-refractivity contribution in [3.63, 3.8) is 0 Å². The van der Waals surface area contributed by atoms with Gasteiger partial charge in [-0.25, -0.2) is 9.18 Å². The largest absolute Gasteiger partial charge is 0.478 e. The number of fused-ring (bicyclic) bond motifs is 1. The first-order valence-electron chi connectivity index (χ1n) is 4.39. The third-order valence-corrected chi connectivity index (χ3v) is 2.56. The Morgan fingerprint density at radius 1 is 1.64 bits per heavy atom. The van der Waals surface area contributed by atoms with Gasteiger partial charge < -0.3 is 10.4 Å². The van der Waals surface area contributed by atoms with E-state index in [9.17, 15) is 9.18 Å². The summed E-state index contributed by atoms with van der Waals surface area (Å²) in [4.78, 5) is 10.6. The Morgan fingerprint density at radius 2 is 2.36 bits per heavy atom. The lowest BCUT2D eigenvalue weighted by atomic mass is 10.0. The first kappa shape index (κ1) is 9.15. The van der Waals surface area contributed by atoms with Gasteiger partial charge in [-0.1, -0.05) is 6.07 Å². The second kappa shape index (κ2) is 3.06. The summed E-state index contributed by atoms with van der Waals surface area (Å²) < 4.78 is 13.6. The van der Waals surface area contributed by atoms with E-state index >= 15 is 0 Å². The van der Waals surface area contributed by atoms with Crippen LogP contribution in [-0.4, -0.2) is 11.1 Å².